The van der Waals surface area contributed by atoms with Crippen LogP contribution in [-0.4, -0.2) is 24.3 Å². The number of phenols is 1. The molecule has 1 heterocycles. The molecule has 0 amide bonds. The van der Waals surface area contributed by atoms with Crippen molar-refractivity contribution in [3.63, 3.8) is 0 Å². The molecule has 1 fully saturated rings. The number of aromatic hydroxyl groups is 1. The maximum absolute atomic E-state index is 9.51. The van der Waals surface area contributed by atoms with Crippen LogP contribution in [0.5, 0.6) is 11.5 Å². The van der Waals surface area contributed by atoms with Crippen molar-refractivity contribution in [3.05, 3.63) is 24.3 Å². The minimum Gasteiger partial charge on any atom is -0.504 e. The standard InChI is InChI=1S/C13H19NO2/c15-12-6-1-2-7-13(12)16-10-8-11-5-3-4-9-14-11/h1-2,6-7,11,14-15H,3-5,8-10H2. The van der Waals surface area contributed by atoms with Gasteiger partial charge in [-0.05, 0) is 37.9 Å². The van der Waals surface area contributed by atoms with Crippen molar-refractivity contribution in [1.82, 2.24) is 5.32 Å². The Bertz CT molecular complexity index is 321. The predicted octanol–water partition coefficient (Wildman–Crippen LogP) is 2.30. The van der Waals surface area contributed by atoms with E-state index in [1.54, 1.807) is 18.2 Å². The van der Waals surface area contributed by atoms with Gasteiger partial charge in [-0.15, -0.1) is 0 Å². The average molecular weight is 221 g/mol. The summed E-state index contributed by atoms with van der Waals surface area (Å²) in [7, 11) is 0. The Morgan fingerprint density at radius 2 is 2.19 bits per heavy atom. The van der Waals surface area contributed by atoms with Crippen molar-refractivity contribution in [2.45, 2.75) is 31.7 Å². The zero-order valence-corrected chi connectivity index (χ0v) is 9.48. The Kier molecular flexibility index (Phi) is 4.05. The second-order valence-electron chi connectivity index (χ2n) is 4.25. The third kappa shape index (κ3) is 3.14. The van der Waals surface area contributed by atoms with Gasteiger partial charge in [0.15, 0.2) is 11.5 Å². The second kappa shape index (κ2) is 5.75. The average Bonchev–Trinajstić information content (AvgIpc) is 2.33. The fourth-order valence-electron chi connectivity index (χ4n) is 2.06. The molecule has 1 aromatic carbocycles. The summed E-state index contributed by atoms with van der Waals surface area (Å²) in [6, 6.07) is 7.69. The van der Waals surface area contributed by atoms with E-state index in [9.17, 15) is 5.11 Å². The molecule has 0 spiro atoms. The Morgan fingerprint density at radius 3 is 2.94 bits per heavy atom. The summed E-state index contributed by atoms with van der Waals surface area (Å²) in [5.74, 6) is 0.803. The quantitative estimate of drug-likeness (QED) is 0.819. The van der Waals surface area contributed by atoms with Crippen molar-refractivity contribution < 1.29 is 9.84 Å². The molecule has 1 saturated heterocycles. The summed E-state index contributed by atoms with van der Waals surface area (Å²) in [6.07, 6.45) is 4.85. The van der Waals surface area contributed by atoms with Gasteiger partial charge in [0.25, 0.3) is 0 Å². The fourth-order valence-corrected chi connectivity index (χ4v) is 2.06. The van der Waals surface area contributed by atoms with Gasteiger partial charge in [-0.3, -0.25) is 0 Å². The molecule has 2 N–H and O–H groups in total. The van der Waals surface area contributed by atoms with Gasteiger partial charge < -0.3 is 15.2 Å². The van der Waals surface area contributed by atoms with Crippen LogP contribution in [0.1, 0.15) is 25.7 Å². The third-order valence-corrected chi connectivity index (χ3v) is 3.00. The van der Waals surface area contributed by atoms with Gasteiger partial charge >= 0.3 is 0 Å². The number of benzene rings is 1. The first kappa shape index (κ1) is 11.3. The van der Waals surface area contributed by atoms with Gasteiger partial charge in [0, 0.05) is 6.04 Å². The van der Waals surface area contributed by atoms with Crippen molar-refractivity contribution in [2.24, 2.45) is 0 Å². The van der Waals surface area contributed by atoms with E-state index in [1.165, 1.54) is 19.3 Å². The first-order valence-electron chi connectivity index (χ1n) is 6.00. The molecule has 1 aromatic rings. The second-order valence-corrected chi connectivity index (χ2v) is 4.25. The molecule has 0 bridgehead atoms. The summed E-state index contributed by atoms with van der Waals surface area (Å²) in [5, 5.41) is 13.0. The highest BCUT2D eigenvalue weighted by Crippen LogP contribution is 2.24. The highest BCUT2D eigenvalue weighted by Gasteiger charge is 2.12. The minimum atomic E-state index is 0.221. The molecular weight excluding hydrogens is 202 g/mol. The molecule has 0 radical (unpaired) electrons. The van der Waals surface area contributed by atoms with Crippen LogP contribution in [0.25, 0.3) is 0 Å². The zero-order chi connectivity index (χ0) is 11.2. The SMILES string of the molecule is Oc1ccccc1OCCC1CCCCN1. The largest absolute Gasteiger partial charge is 0.504 e. The summed E-state index contributed by atoms with van der Waals surface area (Å²) in [4.78, 5) is 0. The number of ether oxygens (including phenoxy) is 1. The van der Waals surface area contributed by atoms with Gasteiger partial charge in [0.05, 0.1) is 6.61 Å². The van der Waals surface area contributed by atoms with E-state index in [-0.39, 0.29) is 5.75 Å². The summed E-state index contributed by atoms with van der Waals surface area (Å²) in [5.41, 5.74) is 0. The van der Waals surface area contributed by atoms with Crippen molar-refractivity contribution in [3.8, 4) is 11.5 Å². The summed E-state index contributed by atoms with van der Waals surface area (Å²) >= 11 is 0. The normalized spacial score (nSPS) is 20.6. The van der Waals surface area contributed by atoms with Gasteiger partial charge in [0.1, 0.15) is 0 Å². The van der Waals surface area contributed by atoms with Crippen LogP contribution in [0.15, 0.2) is 24.3 Å². The van der Waals surface area contributed by atoms with Crippen LogP contribution in [0.3, 0.4) is 0 Å². The van der Waals surface area contributed by atoms with Crippen LogP contribution in [0.4, 0.5) is 0 Å². The van der Waals surface area contributed by atoms with Gasteiger partial charge in [-0.25, -0.2) is 0 Å². The van der Waals surface area contributed by atoms with E-state index >= 15 is 0 Å². The molecular formula is C13H19NO2. The van der Waals surface area contributed by atoms with Gasteiger partial charge in [0.2, 0.25) is 0 Å². The highest BCUT2D eigenvalue weighted by atomic mass is 16.5. The molecule has 2 rings (SSSR count). The number of para-hydroxylation sites is 2. The van der Waals surface area contributed by atoms with Crippen LogP contribution in [-0.2, 0) is 0 Å². The maximum atomic E-state index is 9.51. The molecule has 0 saturated carbocycles. The van der Waals surface area contributed by atoms with Gasteiger partial charge in [-0.2, -0.15) is 0 Å². The van der Waals surface area contributed by atoms with Crippen LogP contribution >= 0.6 is 0 Å². The molecule has 3 heteroatoms. The summed E-state index contributed by atoms with van der Waals surface area (Å²) < 4.78 is 5.55. The lowest BCUT2D eigenvalue weighted by Gasteiger charge is -2.23. The lowest BCUT2D eigenvalue weighted by Crippen LogP contribution is -2.35. The minimum absolute atomic E-state index is 0.221. The number of phenolic OH excluding ortho intramolecular Hbond substituents is 1. The Balaban J connectivity index is 1.73. The Hall–Kier alpha value is -1.22. The molecule has 0 aliphatic carbocycles. The van der Waals surface area contributed by atoms with E-state index in [0.29, 0.717) is 18.4 Å². The predicted molar refractivity (Wildman–Crippen MR) is 63.9 cm³/mol. The van der Waals surface area contributed by atoms with E-state index in [2.05, 4.69) is 5.32 Å². The maximum Gasteiger partial charge on any atom is 0.160 e. The highest BCUT2D eigenvalue weighted by molar-refractivity contribution is 5.37. The van der Waals surface area contributed by atoms with E-state index in [1.807, 2.05) is 6.07 Å². The Labute approximate surface area is 96.4 Å². The molecule has 1 unspecified atom stereocenters. The Morgan fingerprint density at radius 1 is 1.31 bits per heavy atom. The molecule has 1 atom stereocenters. The van der Waals surface area contributed by atoms with Crippen molar-refractivity contribution in [2.75, 3.05) is 13.2 Å². The number of hydrogen-bond donors (Lipinski definition) is 2. The smallest absolute Gasteiger partial charge is 0.160 e. The molecule has 16 heavy (non-hydrogen) atoms. The molecule has 3 nitrogen and oxygen atoms in total. The monoisotopic (exact) mass is 221 g/mol. The molecule has 0 aromatic heterocycles. The van der Waals surface area contributed by atoms with E-state index in [4.69, 9.17) is 4.74 Å². The number of nitrogens with one attached hydrogen (secondary N) is 1. The third-order valence-electron chi connectivity index (χ3n) is 3.00. The van der Waals surface area contributed by atoms with E-state index < -0.39 is 0 Å². The fraction of sp³-hybridized carbons (Fsp3) is 0.538. The number of rotatable bonds is 4. The lowest BCUT2D eigenvalue weighted by molar-refractivity contribution is 0.259. The molecule has 1 aliphatic heterocycles. The van der Waals surface area contributed by atoms with Crippen molar-refractivity contribution >= 4 is 0 Å². The topological polar surface area (TPSA) is 41.5 Å². The first-order chi connectivity index (χ1) is 7.86. The van der Waals surface area contributed by atoms with Crippen LogP contribution in [0, 0.1) is 0 Å². The number of hydrogen-bond acceptors (Lipinski definition) is 3. The molecule has 1 aliphatic rings. The van der Waals surface area contributed by atoms with Crippen LogP contribution in [0.2, 0.25) is 0 Å². The zero-order valence-electron chi connectivity index (χ0n) is 9.48. The van der Waals surface area contributed by atoms with Gasteiger partial charge in [-0.1, -0.05) is 18.6 Å². The molecule has 88 valence electrons. The number of piperidine rings is 1. The van der Waals surface area contributed by atoms with Crippen LogP contribution < -0.4 is 10.1 Å². The van der Waals surface area contributed by atoms with Crippen molar-refractivity contribution in [1.29, 1.82) is 0 Å². The summed E-state index contributed by atoms with van der Waals surface area (Å²) in [6.45, 7) is 1.79. The lowest BCUT2D eigenvalue weighted by atomic mass is 10.0. The van der Waals surface area contributed by atoms with E-state index in [0.717, 1.165) is 13.0 Å². The first-order valence-corrected chi connectivity index (χ1v) is 6.00.